The van der Waals surface area contributed by atoms with Gasteiger partial charge in [0.2, 0.25) is 0 Å². The standard InChI is InChI=1S/C11H8ClNO2/c1-14-9-6-7(2-4-13)10(12)8-3-5-15-11(8)9/h3,5-6H,2H2,1H3. The normalized spacial score (nSPS) is 10.2. The Morgan fingerprint density at radius 3 is 3.07 bits per heavy atom. The number of benzene rings is 1. The van der Waals surface area contributed by atoms with E-state index < -0.39 is 0 Å². The highest BCUT2D eigenvalue weighted by atomic mass is 35.5. The number of halogens is 1. The second-order valence-electron chi connectivity index (χ2n) is 3.05. The number of ether oxygens (including phenoxy) is 1. The first-order valence-corrected chi connectivity index (χ1v) is 4.75. The smallest absolute Gasteiger partial charge is 0.177 e. The van der Waals surface area contributed by atoms with Crippen LogP contribution in [-0.2, 0) is 6.42 Å². The minimum Gasteiger partial charge on any atom is -0.493 e. The van der Waals surface area contributed by atoms with Crippen LogP contribution in [0.4, 0.5) is 0 Å². The molecule has 0 unspecified atom stereocenters. The number of rotatable bonds is 2. The predicted octanol–water partition coefficient (Wildman–Crippen LogP) is 3.16. The van der Waals surface area contributed by atoms with E-state index in [1.165, 1.54) is 0 Å². The summed E-state index contributed by atoms with van der Waals surface area (Å²) >= 11 is 6.12. The van der Waals surface area contributed by atoms with Gasteiger partial charge in [0, 0.05) is 5.39 Å². The molecule has 0 spiro atoms. The summed E-state index contributed by atoms with van der Waals surface area (Å²) in [7, 11) is 1.56. The van der Waals surface area contributed by atoms with Crippen molar-refractivity contribution in [3.8, 4) is 11.8 Å². The van der Waals surface area contributed by atoms with E-state index in [0.717, 1.165) is 10.9 Å². The lowest BCUT2D eigenvalue weighted by Gasteiger charge is -2.05. The van der Waals surface area contributed by atoms with Crippen LogP contribution in [0.1, 0.15) is 5.56 Å². The zero-order valence-corrected chi connectivity index (χ0v) is 8.84. The van der Waals surface area contributed by atoms with Crippen LogP contribution in [-0.4, -0.2) is 7.11 Å². The first-order chi connectivity index (χ1) is 7.27. The van der Waals surface area contributed by atoms with Crippen LogP contribution >= 0.6 is 11.6 Å². The van der Waals surface area contributed by atoms with Gasteiger partial charge in [0.05, 0.1) is 30.9 Å². The first-order valence-electron chi connectivity index (χ1n) is 4.37. The zero-order valence-electron chi connectivity index (χ0n) is 8.08. The Hall–Kier alpha value is -1.66. The molecule has 4 heteroatoms. The SMILES string of the molecule is COc1cc(CC#N)c(Cl)c2ccoc12. The molecule has 0 atom stereocenters. The summed E-state index contributed by atoms with van der Waals surface area (Å²) in [6.45, 7) is 0. The summed E-state index contributed by atoms with van der Waals surface area (Å²) in [5.41, 5.74) is 1.37. The molecule has 0 radical (unpaired) electrons. The summed E-state index contributed by atoms with van der Waals surface area (Å²) in [5, 5.41) is 9.99. The van der Waals surface area contributed by atoms with Crippen LogP contribution in [0.25, 0.3) is 11.0 Å². The van der Waals surface area contributed by atoms with E-state index in [1.54, 1.807) is 25.5 Å². The van der Waals surface area contributed by atoms with Crippen LogP contribution in [0, 0.1) is 11.3 Å². The molecular formula is C11H8ClNO2. The summed E-state index contributed by atoms with van der Waals surface area (Å²) in [6.07, 6.45) is 1.81. The molecule has 0 saturated heterocycles. The third kappa shape index (κ3) is 1.53. The lowest BCUT2D eigenvalue weighted by atomic mass is 10.1. The molecule has 2 aromatic rings. The summed E-state index contributed by atoms with van der Waals surface area (Å²) in [5.74, 6) is 0.602. The highest BCUT2D eigenvalue weighted by Gasteiger charge is 2.13. The van der Waals surface area contributed by atoms with Crippen LogP contribution in [0.3, 0.4) is 0 Å². The number of fused-ring (bicyclic) bond motifs is 1. The molecule has 0 aliphatic rings. The van der Waals surface area contributed by atoms with Crippen LogP contribution < -0.4 is 4.74 Å². The topological polar surface area (TPSA) is 46.2 Å². The molecule has 3 nitrogen and oxygen atoms in total. The average Bonchev–Trinajstić information content (AvgIpc) is 2.71. The first kappa shape index (κ1) is 9.88. The number of nitriles is 1. The molecule has 1 aromatic heterocycles. The number of nitrogens with zero attached hydrogens (tertiary/aromatic N) is 1. The molecule has 0 aliphatic heterocycles. The number of furan rings is 1. The van der Waals surface area contributed by atoms with E-state index in [0.29, 0.717) is 16.4 Å². The van der Waals surface area contributed by atoms with E-state index >= 15 is 0 Å². The van der Waals surface area contributed by atoms with Gasteiger partial charge >= 0.3 is 0 Å². The van der Waals surface area contributed by atoms with Crippen molar-refractivity contribution in [1.29, 1.82) is 5.26 Å². The third-order valence-electron chi connectivity index (χ3n) is 2.20. The van der Waals surface area contributed by atoms with Gasteiger partial charge in [0.1, 0.15) is 0 Å². The second-order valence-corrected chi connectivity index (χ2v) is 3.43. The Balaban J connectivity index is 2.74. The molecule has 0 saturated carbocycles. The van der Waals surface area contributed by atoms with Crippen molar-refractivity contribution in [3.05, 3.63) is 29.0 Å². The number of methoxy groups -OCH3 is 1. The van der Waals surface area contributed by atoms with Crippen molar-refractivity contribution in [2.75, 3.05) is 7.11 Å². The molecule has 0 bridgehead atoms. The average molecular weight is 222 g/mol. The largest absolute Gasteiger partial charge is 0.493 e. The molecule has 0 fully saturated rings. The fourth-order valence-corrected chi connectivity index (χ4v) is 1.77. The minimum atomic E-state index is 0.260. The zero-order chi connectivity index (χ0) is 10.8. The van der Waals surface area contributed by atoms with Gasteiger partial charge in [0.15, 0.2) is 11.3 Å². The summed E-state index contributed by atoms with van der Waals surface area (Å²) in [6, 6.07) is 5.56. The van der Waals surface area contributed by atoms with Crippen molar-refractivity contribution >= 4 is 22.6 Å². The van der Waals surface area contributed by atoms with Crippen molar-refractivity contribution in [2.24, 2.45) is 0 Å². The fraction of sp³-hybridized carbons (Fsp3) is 0.182. The molecule has 15 heavy (non-hydrogen) atoms. The van der Waals surface area contributed by atoms with Gasteiger partial charge in [-0.2, -0.15) is 5.26 Å². The van der Waals surface area contributed by atoms with Gasteiger partial charge in [0.25, 0.3) is 0 Å². The molecule has 76 valence electrons. The van der Waals surface area contributed by atoms with Crippen molar-refractivity contribution in [1.82, 2.24) is 0 Å². The molecule has 1 heterocycles. The highest BCUT2D eigenvalue weighted by molar-refractivity contribution is 6.36. The maximum Gasteiger partial charge on any atom is 0.177 e. The summed E-state index contributed by atoms with van der Waals surface area (Å²) in [4.78, 5) is 0. The molecule has 1 aromatic carbocycles. The van der Waals surface area contributed by atoms with Gasteiger partial charge in [-0.05, 0) is 17.7 Å². The van der Waals surface area contributed by atoms with E-state index in [1.807, 2.05) is 0 Å². The second kappa shape index (κ2) is 3.84. The maximum atomic E-state index is 8.66. The Bertz CT molecular complexity index is 539. The fourth-order valence-electron chi connectivity index (χ4n) is 1.50. The van der Waals surface area contributed by atoms with Gasteiger partial charge in [-0.3, -0.25) is 0 Å². The van der Waals surface area contributed by atoms with E-state index in [4.69, 9.17) is 26.0 Å². The Kier molecular flexibility index (Phi) is 2.53. The lowest BCUT2D eigenvalue weighted by Crippen LogP contribution is -1.89. The monoisotopic (exact) mass is 221 g/mol. The molecular weight excluding hydrogens is 214 g/mol. The molecule has 0 amide bonds. The maximum absolute atomic E-state index is 8.66. The van der Waals surface area contributed by atoms with E-state index in [-0.39, 0.29) is 6.42 Å². The highest BCUT2D eigenvalue weighted by Crippen LogP contribution is 2.35. The van der Waals surface area contributed by atoms with Gasteiger partial charge in [-0.15, -0.1) is 0 Å². The molecule has 0 N–H and O–H groups in total. The van der Waals surface area contributed by atoms with E-state index in [9.17, 15) is 0 Å². The Morgan fingerprint density at radius 1 is 1.60 bits per heavy atom. The third-order valence-corrected chi connectivity index (χ3v) is 2.65. The lowest BCUT2D eigenvalue weighted by molar-refractivity contribution is 0.410. The van der Waals surface area contributed by atoms with Gasteiger partial charge in [-0.1, -0.05) is 11.6 Å². The molecule has 0 aliphatic carbocycles. The Labute approximate surface area is 91.8 Å². The van der Waals surface area contributed by atoms with Crippen molar-refractivity contribution < 1.29 is 9.15 Å². The Morgan fingerprint density at radius 2 is 2.40 bits per heavy atom. The predicted molar refractivity (Wildman–Crippen MR) is 57.1 cm³/mol. The van der Waals surface area contributed by atoms with Gasteiger partial charge < -0.3 is 9.15 Å². The van der Waals surface area contributed by atoms with Crippen LogP contribution in [0.2, 0.25) is 5.02 Å². The number of hydrogen-bond acceptors (Lipinski definition) is 3. The quantitative estimate of drug-likeness (QED) is 0.783. The molecule has 2 rings (SSSR count). The van der Waals surface area contributed by atoms with Crippen LogP contribution in [0.5, 0.6) is 5.75 Å². The van der Waals surface area contributed by atoms with Gasteiger partial charge in [-0.25, -0.2) is 0 Å². The van der Waals surface area contributed by atoms with Crippen molar-refractivity contribution in [3.63, 3.8) is 0 Å². The number of hydrogen-bond donors (Lipinski definition) is 0. The summed E-state index contributed by atoms with van der Waals surface area (Å²) < 4.78 is 10.4. The van der Waals surface area contributed by atoms with Crippen molar-refractivity contribution in [2.45, 2.75) is 6.42 Å². The minimum absolute atomic E-state index is 0.260. The van der Waals surface area contributed by atoms with E-state index in [2.05, 4.69) is 6.07 Å². The van der Waals surface area contributed by atoms with Crippen LogP contribution in [0.15, 0.2) is 22.8 Å².